The van der Waals surface area contributed by atoms with Crippen molar-refractivity contribution in [3.63, 3.8) is 0 Å². The SMILES string of the molecule is O=C(c1n[nH]c2ccccc12)N1C[C@H](O)C[C@H]1c1cccc(F)c1. The van der Waals surface area contributed by atoms with E-state index >= 15 is 0 Å². The van der Waals surface area contributed by atoms with Crippen LogP contribution in [0.2, 0.25) is 0 Å². The van der Waals surface area contributed by atoms with Crippen LogP contribution in [0.15, 0.2) is 48.5 Å². The van der Waals surface area contributed by atoms with Crippen LogP contribution < -0.4 is 0 Å². The van der Waals surface area contributed by atoms with Crippen molar-refractivity contribution in [1.82, 2.24) is 15.1 Å². The van der Waals surface area contributed by atoms with Gasteiger partial charge in [-0.1, -0.05) is 30.3 Å². The maximum Gasteiger partial charge on any atom is 0.275 e. The highest BCUT2D eigenvalue weighted by atomic mass is 19.1. The Balaban J connectivity index is 1.72. The first-order valence-electron chi connectivity index (χ1n) is 7.81. The number of aromatic nitrogens is 2. The maximum absolute atomic E-state index is 13.5. The number of hydrogen-bond acceptors (Lipinski definition) is 3. The van der Waals surface area contributed by atoms with E-state index in [1.165, 1.54) is 12.1 Å². The summed E-state index contributed by atoms with van der Waals surface area (Å²) in [6.07, 6.45) is -0.246. The monoisotopic (exact) mass is 325 g/mol. The summed E-state index contributed by atoms with van der Waals surface area (Å²) in [5.74, 6) is -0.621. The standard InChI is InChI=1S/C18H16FN3O2/c19-12-5-3-4-11(8-12)16-9-13(23)10-22(16)18(24)17-14-6-1-2-7-15(14)20-21-17/h1-8,13,16,23H,9-10H2,(H,20,21)/t13-,16+/m1/s1. The van der Waals surface area contributed by atoms with Crippen LogP contribution in [0, 0.1) is 5.82 Å². The minimum absolute atomic E-state index is 0.210. The van der Waals surface area contributed by atoms with Crippen molar-refractivity contribution in [2.75, 3.05) is 6.54 Å². The molecule has 24 heavy (non-hydrogen) atoms. The molecule has 1 aliphatic heterocycles. The zero-order valence-electron chi connectivity index (χ0n) is 12.8. The molecule has 6 heteroatoms. The second-order valence-corrected chi connectivity index (χ2v) is 6.04. The van der Waals surface area contributed by atoms with Crippen molar-refractivity contribution in [3.05, 3.63) is 65.6 Å². The average Bonchev–Trinajstić information content (AvgIpc) is 3.18. The van der Waals surface area contributed by atoms with Gasteiger partial charge in [-0.3, -0.25) is 9.89 Å². The molecule has 1 saturated heterocycles. The van der Waals surface area contributed by atoms with Gasteiger partial charge >= 0.3 is 0 Å². The minimum Gasteiger partial charge on any atom is -0.391 e. The quantitative estimate of drug-likeness (QED) is 0.761. The molecule has 3 aromatic rings. The van der Waals surface area contributed by atoms with Gasteiger partial charge in [0.05, 0.1) is 17.7 Å². The van der Waals surface area contributed by atoms with Crippen molar-refractivity contribution in [2.24, 2.45) is 0 Å². The van der Waals surface area contributed by atoms with Gasteiger partial charge in [0.15, 0.2) is 5.69 Å². The summed E-state index contributed by atoms with van der Waals surface area (Å²) in [5, 5.41) is 17.8. The topological polar surface area (TPSA) is 69.2 Å². The highest BCUT2D eigenvalue weighted by Crippen LogP contribution is 2.34. The lowest BCUT2D eigenvalue weighted by Crippen LogP contribution is -2.32. The number of likely N-dealkylation sites (tertiary alicyclic amines) is 1. The predicted molar refractivity (Wildman–Crippen MR) is 86.9 cm³/mol. The normalized spacial score (nSPS) is 20.7. The number of amides is 1. The number of β-amino-alcohol motifs (C(OH)–C–C–N with tert-alkyl or cyclic N) is 1. The Labute approximate surface area is 137 Å². The largest absolute Gasteiger partial charge is 0.391 e. The highest BCUT2D eigenvalue weighted by Gasteiger charge is 2.37. The van der Waals surface area contributed by atoms with E-state index in [2.05, 4.69) is 10.2 Å². The number of hydrogen-bond donors (Lipinski definition) is 2. The molecule has 4 rings (SSSR count). The van der Waals surface area contributed by atoms with Crippen LogP contribution in [0.3, 0.4) is 0 Å². The summed E-state index contributed by atoms with van der Waals surface area (Å²) < 4.78 is 13.5. The molecule has 1 aromatic heterocycles. The number of H-pyrrole nitrogens is 1. The molecule has 0 bridgehead atoms. The fraction of sp³-hybridized carbons (Fsp3) is 0.222. The lowest BCUT2D eigenvalue weighted by molar-refractivity contribution is 0.0711. The Kier molecular flexibility index (Phi) is 3.54. The van der Waals surface area contributed by atoms with Gasteiger partial charge < -0.3 is 10.0 Å². The number of aliphatic hydroxyl groups is 1. The smallest absolute Gasteiger partial charge is 0.275 e. The zero-order chi connectivity index (χ0) is 16.7. The fourth-order valence-electron chi connectivity index (χ4n) is 3.33. The molecule has 0 saturated carbocycles. The van der Waals surface area contributed by atoms with Crippen LogP contribution in [-0.4, -0.2) is 38.8 Å². The Morgan fingerprint density at radius 1 is 1.25 bits per heavy atom. The number of aromatic amines is 1. The van der Waals surface area contributed by atoms with Crippen LogP contribution in [0.25, 0.3) is 10.9 Å². The van der Waals surface area contributed by atoms with E-state index in [1.807, 2.05) is 24.3 Å². The van der Waals surface area contributed by atoms with E-state index in [-0.39, 0.29) is 24.3 Å². The summed E-state index contributed by atoms with van der Waals surface area (Å²) in [5.41, 5.74) is 1.78. The molecule has 5 nitrogen and oxygen atoms in total. The molecule has 0 spiro atoms. The average molecular weight is 325 g/mol. The van der Waals surface area contributed by atoms with Gasteiger partial charge in [0.2, 0.25) is 0 Å². The fourth-order valence-corrected chi connectivity index (χ4v) is 3.33. The molecule has 1 amide bonds. The third-order valence-corrected chi connectivity index (χ3v) is 4.45. The van der Waals surface area contributed by atoms with Crippen LogP contribution in [0.4, 0.5) is 4.39 Å². The first-order valence-corrected chi connectivity index (χ1v) is 7.81. The van der Waals surface area contributed by atoms with E-state index in [9.17, 15) is 14.3 Å². The molecule has 1 aliphatic rings. The number of carbonyl (C=O) groups is 1. The van der Waals surface area contributed by atoms with Gasteiger partial charge in [0, 0.05) is 11.9 Å². The molecule has 0 unspecified atom stereocenters. The molecule has 1 fully saturated rings. The number of nitrogens with zero attached hydrogens (tertiary/aromatic N) is 2. The van der Waals surface area contributed by atoms with E-state index < -0.39 is 6.10 Å². The molecule has 122 valence electrons. The zero-order valence-corrected chi connectivity index (χ0v) is 12.8. The molecular formula is C18H16FN3O2. The van der Waals surface area contributed by atoms with Gasteiger partial charge in [-0.2, -0.15) is 5.10 Å². The number of aliphatic hydroxyl groups excluding tert-OH is 1. The number of fused-ring (bicyclic) bond motifs is 1. The second-order valence-electron chi connectivity index (χ2n) is 6.04. The van der Waals surface area contributed by atoms with Crippen molar-refractivity contribution >= 4 is 16.8 Å². The highest BCUT2D eigenvalue weighted by molar-refractivity contribution is 6.04. The van der Waals surface area contributed by atoms with Gasteiger partial charge in [0.25, 0.3) is 5.91 Å². The van der Waals surface area contributed by atoms with E-state index in [1.54, 1.807) is 17.0 Å². The first-order chi connectivity index (χ1) is 11.6. The number of carbonyl (C=O) groups excluding carboxylic acids is 1. The minimum atomic E-state index is -0.632. The summed E-state index contributed by atoms with van der Waals surface area (Å²) in [6, 6.07) is 13.2. The van der Waals surface area contributed by atoms with Crippen LogP contribution in [0.5, 0.6) is 0 Å². The van der Waals surface area contributed by atoms with Crippen LogP contribution >= 0.6 is 0 Å². The maximum atomic E-state index is 13.5. The van der Waals surface area contributed by atoms with Gasteiger partial charge in [-0.25, -0.2) is 4.39 Å². The van der Waals surface area contributed by atoms with Crippen LogP contribution in [-0.2, 0) is 0 Å². The van der Waals surface area contributed by atoms with Crippen molar-refractivity contribution < 1.29 is 14.3 Å². The van der Waals surface area contributed by atoms with Crippen molar-refractivity contribution in [3.8, 4) is 0 Å². The molecule has 2 heterocycles. The summed E-state index contributed by atoms with van der Waals surface area (Å²) in [6.45, 7) is 0.210. The lowest BCUT2D eigenvalue weighted by atomic mass is 10.0. The van der Waals surface area contributed by atoms with Crippen molar-refractivity contribution in [1.29, 1.82) is 0 Å². The number of rotatable bonds is 2. The summed E-state index contributed by atoms with van der Waals surface area (Å²) in [7, 11) is 0. The summed E-state index contributed by atoms with van der Waals surface area (Å²) in [4.78, 5) is 14.5. The Morgan fingerprint density at radius 2 is 2.08 bits per heavy atom. The number of halogens is 1. The molecule has 2 atom stereocenters. The Bertz CT molecular complexity index is 908. The predicted octanol–water partition coefficient (Wildman–Crippen LogP) is 2.65. The lowest BCUT2D eigenvalue weighted by Gasteiger charge is -2.24. The van der Waals surface area contributed by atoms with Gasteiger partial charge in [-0.15, -0.1) is 0 Å². The van der Waals surface area contributed by atoms with Gasteiger partial charge in [-0.05, 0) is 30.2 Å². The molecule has 2 N–H and O–H groups in total. The molecular weight excluding hydrogens is 309 g/mol. The Morgan fingerprint density at radius 3 is 2.92 bits per heavy atom. The molecule has 2 aromatic carbocycles. The van der Waals surface area contributed by atoms with E-state index in [4.69, 9.17) is 0 Å². The molecule has 0 aliphatic carbocycles. The van der Waals surface area contributed by atoms with Crippen molar-refractivity contribution in [2.45, 2.75) is 18.6 Å². The van der Waals surface area contributed by atoms with Crippen LogP contribution in [0.1, 0.15) is 28.5 Å². The third kappa shape index (κ3) is 2.45. The Hall–Kier alpha value is -2.73. The number of para-hydroxylation sites is 1. The van der Waals surface area contributed by atoms with Gasteiger partial charge in [0.1, 0.15) is 5.82 Å². The summed E-state index contributed by atoms with van der Waals surface area (Å²) >= 11 is 0. The number of nitrogens with one attached hydrogen (secondary N) is 1. The third-order valence-electron chi connectivity index (χ3n) is 4.45. The second kappa shape index (κ2) is 5.72. The first kappa shape index (κ1) is 14.8. The van der Waals surface area contributed by atoms with E-state index in [0.29, 0.717) is 17.7 Å². The van der Waals surface area contributed by atoms with E-state index in [0.717, 1.165) is 10.9 Å². The molecule has 0 radical (unpaired) electrons. The number of benzene rings is 2.